The first-order valence-electron chi connectivity index (χ1n) is 7.88. The Bertz CT molecular complexity index is 718. The summed E-state index contributed by atoms with van der Waals surface area (Å²) in [7, 11) is 1.60. The molecule has 0 radical (unpaired) electrons. The van der Waals surface area contributed by atoms with Crippen LogP contribution >= 0.6 is 0 Å². The lowest BCUT2D eigenvalue weighted by molar-refractivity contribution is -0.111. The van der Waals surface area contributed by atoms with E-state index in [0.29, 0.717) is 11.5 Å². The van der Waals surface area contributed by atoms with Crippen LogP contribution in [0.1, 0.15) is 25.0 Å². The summed E-state index contributed by atoms with van der Waals surface area (Å²) >= 11 is 0. The van der Waals surface area contributed by atoms with E-state index >= 15 is 0 Å². The number of amides is 1. The van der Waals surface area contributed by atoms with E-state index in [0.717, 1.165) is 16.8 Å². The zero-order chi connectivity index (χ0) is 17.5. The van der Waals surface area contributed by atoms with Crippen molar-refractivity contribution in [3.05, 3.63) is 59.7 Å². The Morgan fingerprint density at radius 2 is 1.79 bits per heavy atom. The highest BCUT2D eigenvalue weighted by atomic mass is 16.5. The molecule has 0 saturated heterocycles. The number of rotatable bonds is 6. The van der Waals surface area contributed by atoms with Gasteiger partial charge in [-0.05, 0) is 56.7 Å². The standard InChI is InChI=1S/C20H23NO3/c1-14(2)24-18-11-7-16(13-19(18)23-4)8-12-20(22)21-17-9-5-15(3)6-10-17/h5-14H,1-4H3,(H,21,22)/b12-8+. The molecule has 2 rings (SSSR count). The molecule has 0 spiro atoms. The number of hydrogen-bond acceptors (Lipinski definition) is 3. The third-order valence-corrected chi connectivity index (χ3v) is 3.30. The predicted molar refractivity (Wildman–Crippen MR) is 97.6 cm³/mol. The first-order chi connectivity index (χ1) is 11.5. The fraction of sp³-hybridized carbons (Fsp3) is 0.250. The van der Waals surface area contributed by atoms with Gasteiger partial charge in [0.05, 0.1) is 13.2 Å². The van der Waals surface area contributed by atoms with E-state index in [2.05, 4.69) is 5.32 Å². The first kappa shape index (κ1) is 17.6. The van der Waals surface area contributed by atoms with E-state index in [1.54, 1.807) is 13.2 Å². The van der Waals surface area contributed by atoms with Crippen molar-refractivity contribution in [2.45, 2.75) is 26.9 Å². The average Bonchev–Trinajstić information content (AvgIpc) is 2.55. The summed E-state index contributed by atoms with van der Waals surface area (Å²) in [5.41, 5.74) is 2.79. The normalized spacial score (nSPS) is 10.9. The van der Waals surface area contributed by atoms with E-state index in [1.165, 1.54) is 6.08 Å². The lowest BCUT2D eigenvalue weighted by Gasteiger charge is -2.13. The molecular formula is C20H23NO3. The summed E-state index contributed by atoms with van der Waals surface area (Å²) < 4.78 is 11.0. The number of aryl methyl sites for hydroxylation is 1. The second-order valence-corrected chi connectivity index (χ2v) is 5.77. The van der Waals surface area contributed by atoms with Crippen molar-refractivity contribution in [3.8, 4) is 11.5 Å². The van der Waals surface area contributed by atoms with Crippen LogP contribution in [-0.4, -0.2) is 19.1 Å². The minimum Gasteiger partial charge on any atom is -0.493 e. The maximum absolute atomic E-state index is 12.0. The molecule has 0 heterocycles. The number of carbonyl (C=O) groups is 1. The van der Waals surface area contributed by atoms with Gasteiger partial charge in [-0.2, -0.15) is 0 Å². The van der Waals surface area contributed by atoms with Crippen molar-refractivity contribution in [3.63, 3.8) is 0 Å². The molecule has 1 amide bonds. The average molecular weight is 325 g/mol. The molecule has 126 valence electrons. The number of nitrogens with one attached hydrogen (secondary N) is 1. The third kappa shape index (κ3) is 5.16. The fourth-order valence-electron chi connectivity index (χ4n) is 2.13. The Hall–Kier alpha value is -2.75. The van der Waals surface area contributed by atoms with Crippen molar-refractivity contribution in [2.75, 3.05) is 12.4 Å². The predicted octanol–water partition coefficient (Wildman–Crippen LogP) is 4.44. The van der Waals surface area contributed by atoms with Crippen LogP contribution in [0.25, 0.3) is 6.08 Å². The molecule has 0 unspecified atom stereocenters. The summed E-state index contributed by atoms with van der Waals surface area (Å²) in [6.07, 6.45) is 3.31. The van der Waals surface area contributed by atoms with Crippen LogP contribution < -0.4 is 14.8 Å². The van der Waals surface area contributed by atoms with Crippen LogP contribution in [0.15, 0.2) is 48.5 Å². The van der Waals surface area contributed by atoms with Gasteiger partial charge in [0.1, 0.15) is 0 Å². The molecule has 0 bridgehead atoms. The molecular weight excluding hydrogens is 302 g/mol. The number of ether oxygens (including phenoxy) is 2. The topological polar surface area (TPSA) is 47.6 Å². The molecule has 0 aliphatic carbocycles. The Kier molecular flexibility index (Phi) is 6.01. The van der Waals surface area contributed by atoms with Crippen molar-refractivity contribution >= 4 is 17.7 Å². The minimum absolute atomic E-state index is 0.0700. The van der Waals surface area contributed by atoms with Gasteiger partial charge in [-0.15, -0.1) is 0 Å². The van der Waals surface area contributed by atoms with Gasteiger partial charge in [0.2, 0.25) is 5.91 Å². The zero-order valence-corrected chi connectivity index (χ0v) is 14.5. The van der Waals surface area contributed by atoms with E-state index in [1.807, 2.05) is 63.2 Å². The monoisotopic (exact) mass is 325 g/mol. The van der Waals surface area contributed by atoms with Crippen LogP contribution in [0.5, 0.6) is 11.5 Å². The Morgan fingerprint density at radius 1 is 1.08 bits per heavy atom. The van der Waals surface area contributed by atoms with E-state index in [9.17, 15) is 4.79 Å². The summed E-state index contributed by atoms with van der Waals surface area (Å²) in [4.78, 5) is 12.0. The van der Waals surface area contributed by atoms with E-state index in [4.69, 9.17) is 9.47 Å². The maximum Gasteiger partial charge on any atom is 0.248 e. The number of methoxy groups -OCH3 is 1. The summed E-state index contributed by atoms with van der Waals surface area (Å²) in [6.45, 7) is 5.93. The van der Waals surface area contributed by atoms with Gasteiger partial charge in [0, 0.05) is 11.8 Å². The highest BCUT2D eigenvalue weighted by molar-refractivity contribution is 6.01. The highest BCUT2D eigenvalue weighted by Gasteiger charge is 2.06. The quantitative estimate of drug-likeness (QED) is 0.799. The Labute approximate surface area is 143 Å². The summed E-state index contributed by atoms with van der Waals surface area (Å²) in [5, 5.41) is 2.82. The number of anilines is 1. The molecule has 0 aliphatic rings. The molecule has 0 fully saturated rings. The summed E-state index contributed by atoms with van der Waals surface area (Å²) in [6, 6.07) is 13.2. The Balaban J connectivity index is 2.05. The molecule has 2 aromatic rings. The molecule has 4 nitrogen and oxygen atoms in total. The van der Waals surface area contributed by atoms with Crippen molar-refractivity contribution in [2.24, 2.45) is 0 Å². The molecule has 0 aromatic heterocycles. The SMILES string of the molecule is COc1cc(/C=C/C(=O)Nc2ccc(C)cc2)ccc1OC(C)C. The van der Waals surface area contributed by atoms with Crippen molar-refractivity contribution in [1.29, 1.82) is 0 Å². The summed E-state index contributed by atoms with van der Waals surface area (Å²) in [5.74, 6) is 1.15. The molecule has 4 heteroatoms. The molecule has 1 N–H and O–H groups in total. The van der Waals surface area contributed by atoms with Gasteiger partial charge < -0.3 is 14.8 Å². The Morgan fingerprint density at radius 3 is 2.42 bits per heavy atom. The number of benzene rings is 2. The minimum atomic E-state index is -0.180. The van der Waals surface area contributed by atoms with Crippen LogP contribution in [0.2, 0.25) is 0 Å². The lowest BCUT2D eigenvalue weighted by Crippen LogP contribution is -2.07. The number of hydrogen-bond donors (Lipinski definition) is 1. The second-order valence-electron chi connectivity index (χ2n) is 5.77. The van der Waals surface area contributed by atoms with Gasteiger partial charge in [-0.1, -0.05) is 23.8 Å². The van der Waals surface area contributed by atoms with Gasteiger partial charge >= 0.3 is 0 Å². The second kappa shape index (κ2) is 8.20. The van der Waals surface area contributed by atoms with Crippen LogP contribution in [0.3, 0.4) is 0 Å². The van der Waals surface area contributed by atoms with Crippen LogP contribution in [-0.2, 0) is 4.79 Å². The first-order valence-corrected chi connectivity index (χ1v) is 7.88. The lowest BCUT2D eigenvalue weighted by atomic mass is 10.2. The van der Waals surface area contributed by atoms with Gasteiger partial charge in [0.25, 0.3) is 0 Å². The molecule has 0 atom stereocenters. The van der Waals surface area contributed by atoms with Gasteiger partial charge in [-0.3, -0.25) is 4.79 Å². The molecule has 24 heavy (non-hydrogen) atoms. The zero-order valence-electron chi connectivity index (χ0n) is 14.5. The highest BCUT2D eigenvalue weighted by Crippen LogP contribution is 2.29. The fourth-order valence-corrected chi connectivity index (χ4v) is 2.13. The molecule has 2 aromatic carbocycles. The van der Waals surface area contributed by atoms with Crippen molar-refractivity contribution in [1.82, 2.24) is 0 Å². The maximum atomic E-state index is 12.0. The molecule has 0 aliphatic heterocycles. The van der Waals surface area contributed by atoms with Crippen LogP contribution in [0, 0.1) is 6.92 Å². The largest absolute Gasteiger partial charge is 0.493 e. The number of carbonyl (C=O) groups excluding carboxylic acids is 1. The van der Waals surface area contributed by atoms with Gasteiger partial charge in [0.15, 0.2) is 11.5 Å². The van der Waals surface area contributed by atoms with Crippen LogP contribution in [0.4, 0.5) is 5.69 Å². The smallest absolute Gasteiger partial charge is 0.248 e. The molecule has 0 saturated carbocycles. The van der Waals surface area contributed by atoms with Crippen molar-refractivity contribution < 1.29 is 14.3 Å². The third-order valence-electron chi connectivity index (χ3n) is 3.30. The van der Waals surface area contributed by atoms with Gasteiger partial charge in [-0.25, -0.2) is 0 Å². The van der Waals surface area contributed by atoms with E-state index in [-0.39, 0.29) is 12.0 Å². The van der Waals surface area contributed by atoms with E-state index < -0.39 is 0 Å².